The Morgan fingerprint density at radius 1 is 1.12 bits per heavy atom. The molecule has 0 aliphatic carbocycles. The van der Waals surface area contributed by atoms with Crippen LogP contribution in [0.25, 0.3) is 10.9 Å². The molecule has 0 saturated carbocycles. The first-order valence-electron chi connectivity index (χ1n) is 5.37. The molecular formula is C12H16BNO2. The van der Waals surface area contributed by atoms with E-state index >= 15 is 0 Å². The van der Waals surface area contributed by atoms with Gasteiger partial charge in [-0.3, -0.25) is 0 Å². The van der Waals surface area contributed by atoms with Crippen LogP contribution in [0.2, 0.25) is 0 Å². The van der Waals surface area contributed by atoms with Crippen LogP contribution in [0.1, 0.15) is 26.5 Å². The van der Waals surface area contributed by atoms with E-state index in [1.807, 2.05) is 6.07 Å². The Bertz CT molecular complexity index is 511. The lowest BCUT2D eigenvalue weighted by Crippen LogP contribution is -2.29. The number of aromatic amines is 1. The molecule has 0 unspecified atom stereocenters. The SMILES string of the molecule is CC(C)(C)c1cc2cc(B(O)O)ccc2[nH]1. The summed E-state index contributed by atoms with van der Waals surface area (Å²) < 4.78 is 0. The van der Waals surface area contributed by atoms with Crippen LogP contribution >= 0.6 is 0 Å². The Labute approximate surface area is 95.3 Å². The van der Waals surface area contributed by atoms with Crippen molar-refractivity contribution in [3.63, 3.8) is 0 Å². The highest BCUT2D eigenvalue weighted by Crippen LogP contribution is 2.25. The highest BCUT2D eigenvalue weighted by molar-refractivity contribution is 6.58. The first-order valence-corrected chi connectivity index (χ1v) is 5.37. The fraction of sp³-hybridized carbons (Fsp3) is 0.333. The number of rotatable bonds is 1. The minimum atomic E-state index is -1.41. The Morgan fingerprint density at radius 3 is 2.38 bits per heavy atom. The molecule has 2 aromatic rings. The van der Waals surface area contributed by atoms with Crippen molar-refractivity contribution in [3.05, 3.63) is 30.0 Å². The first kappa shape index (κ1) is 11.2. The van der Waals surface area contributed by atoms with Gasteiger partial charge in [0, 0.05) is 16.6 Å². The summed E-state index contributed by atoms with van der Waals surface area (Å²) in [6.45, 7) is 6.42. The van der Waals surface area contributed by atoms with Gasteiger partial charge in [0.25, 0.3) is 0 Å². The lowest BCUT2D eigenvalue weighted by Gasteiger charge is -2.15. The predicted octanol–water partition coefficient (Wildman–Crippen LogP) is 1.15. The molecule has 0 saturated heterocycles. The third-order valence-electron chi connectivity index (χ3n) is 2.75. The molecule has 1 heterocycles. The highest BCUT2D eigenvalue weighted by atomic mass is 16.4. The minimum absolute atomic E-state index is 0.0665. The number of aromatic nitrogens is 1. The Morgan fingerprint density at radius 2 is 1.81 bits per heavy atom. The fourth-order valence-corrected chi connectivity index (χ4v) is 1.72. The van der Waals surface area contributed by atoms with E-state index < -0.39 is 7.12 Å². The molecule has 0 spiro atoms. The van der Waals surface area contributed by atoms with Gasteiger partial charge < -0.3 is 15.0 Å². The zero-order valence-electron chi connectivity index (χ0n) is 9.78. The predicted molar refractivity (Wildman–Crippen MR) is 66.8 cm³/mol. The van der Waals surface area contributed by atoms with Crippen molar-refractivity contribution in [1.29, 1.82) is 0 Å². The lowest BCUT2D eigenvalue weighted by atomic mass is 9.80. The second-order valence-electron chi connectivity index (χ2n) is 5.15. The van der Waals surface area contributed by atoms with Gasteiger partial charge in [-0.05, 0) is 23.0 Å². The van der Waals surface area contributed by atoms with Crippen molar-refractivity contribution >= 4 is 23.5 Å². The van der Waals surface area contributed by atoms with Crippen LogP contribution in [0, 0.1) is 0 Å². The monoisotopic (exact) mass is 217 g/mol. The average molecular weight is 217 g/mol. The molecule has 3 N–H and O–H groups in total. The van der Waals surface area contributed by atoms with Crippen molar-refractivity contribution in [1.82, 2.24) is 4.98 Å². The Kier molecular flexibility index (Phi) is 2.56. The van der Waals surface area contributed by atoms with Crippen LogP contribution in [-0.4, -0.2) is 22.2 Å². The third-order valence-corrected chi connectivity index (χ3v) is 2.75. The molecule has 16 heavy (non-hydrogen) atoms. The van der Waals surface area contributed by atoms with E-state index in [4.69, 9.17) is 10.0 Å². The van der Waals surface area contributed by atoms with Gasteiger partial charge in [0.2, 0.25) is 0 Å². The maximum atomic E-state index is 9.10. The molecule has 0 amide bonds. The third kappa shape index (κ3) is 1.99. The summed E-state index contributed by atoms with van der Waals surface area (Å²) in [6, 6.07) is 7.45. The molecule has 2 rings (SSSR count). The van der Waals surface area contributed by atoms with Gasteiger partial charge in [-0.25, -0.2) is 0 Å². The molecule has 0 atom stereocenters. The fourth-order valence-electron chi connectivity index (χ4n) is 1.72. The Balaban J connectivity index is 2.54. The van der Waals surface area contributed by atoms with E-state index in [0.717, 1.165) is 16.6 Å². The summed E-state index contributed by atoms with van der Waals surface area (Å²) in [5.41, 5.74) is 2.75. The summed E-state index contributed by atoms with van der Waals surface area (Å²) in [4.78, 5) is 3.34. The number of nitrogens with one attached hydrogen (secondary N) is 1. The number of fused-ring (bicyclic) bond motifs is 1. The quantitative estimate of drug-likeness (QED) is 0.627. The van der Waals surface area contributed by atoms with Crippen LogP contribution < -0.4 is 5.46 Å². The van der Waals surface area contributed by atoms with E-state index in [0.29, 0.717) is 5.46 Å². The second-order valence-corrected chi connectivity index (χ2v) is 5.15. The molecule has 1 aromatic heterocycles. The maximum absolute atomic E-state index is 9.10. The van der Waals surface area contributed by atoms with Gasteiger partial charge in [-0.1, -0.05) is 32.9 Å². The molecule has 0 aliphatic heterocycles. The Hall–Kier alpha value is -1.26. The minimum Gasteiger partial charge on any atom is -0.423 e. The molecule has 0 fully saturated rings. The standard InChI is InChI=1S/C12H16BNO2/c1-12(2,3)11-7-8-6-9(13(15)16)4-5-10(8)14-11/h4-7,14-16H,1-3H3. The van der Waals surface area contributed by atoms with Gasteiger partial charge >= 0.3 is 7.12 Å². The molecule has 0 aliphatic rings. The van der Waals surface area contributed by atoms with Gasteiger partial charge in [0.1, 0.15) is 0 Å². The number of H-pyrrole nitrogens is 1. The maximum Gasteiger partial charge on any atom is 0.488 e. The van der Waals surface area contributed by atoms with Crippen molar-refractivity contribution in [2.45, 2.75) is 26.2 Å². The van der Waals surface area contributed by atoms with Crippen molar-refractivity contribution in [2.75, 3.05) is 0 Å². The van der Waals surface area contributed by atoms with Crippen LogP contribution in [0.3, 0.4) is 0 Å². The van der Waals surface area contributed by atoms with E-state index in [1.54, 1.807) is 12.1 Å². The average Bonchev–Trinajstić information content (AvgIpc) is 2.58. The topological polar surface area (TPSA) is 56.2 Å². The summed E-state index contributed by atoms with van der Waals surface area (Å²) in [7, 11) is -1.41. The normalized spacial score (nSPS) is 12.1. The van der Waals surface area contributed by atoms with Crippen LogP contribution in [0.15, 0.2) is 24.3 Å². The largest absolute Gasteiger partial charge is 0.488 e. The summed E-state index contributed by atoms with van der Waals surface area (Å²) in [6.07, 6.45) is 0. The van der Waals surface area contributed by atoms with E-state index in [2.05, 4.69) is 31.8 Å². The molecule has 0 bridgehead atoms. The zero-order chi connectivity index (χ0) is 11.9. The first-order chi connectivity index (χ1) is 7.38. The van der Waals surface area contributed by atoms with Crippen molar-refractivity contribution in [2.24, 2.45) is 0 Å². The smallest absolute Gasteiger partial charge is 0.423 e. The molecule has 0 radical (unpaired) electrons. The van der Waals surface area contributed by atoms with E-state index in [-0.39, 0.29) is 5.41 Å². The second kappa shape index (κ2) is 3.65. The number of hydrogen-bond acceptors (Lipinski definition) is 2. The van der Waals surface area contributed by atoms with Crippen molar-refractivity contribution in [3.8, 4) is 0 Å². The summed E-state index contributed by atoms with van der Waals surface area (Å²) in [5.74, 6) is 0. The summed E-state index contributed by atoms with van der Waals surface area (Å²) in [5, 5.41) is 19.2. The lowest BCUT2D eigenvalue weighted by molar-refractivity contribution is 0.426. The van der Waals surface area contributed by atoms with Gasteiger partial charge in [-0.2, -0.15) is 0 Å². The molecule has 84 valence electrons. The highest BCUT2D eigenvalue weighted by Gasteiger charge is 2.17. The van der Waals surface area contributed by atoms with Crippen molar-refractivity contribution < 1.29 is 10.0 Å². The molecule has 1 aromatic carbocycles. The molecular weight excluding hydrogens is 201 g/mol. The van der Waals surface area contributed by atoms with Gasteiger partial charge in [-0.15, -0.1) is 0 Å². The van der Waals surface area contributed by atoms with Gasteiger partial charge in [0.15, 0.2) is 0 Å². The number of hydrogen-bond donors (Lipinski definition) is 3. The van der Waals surface area contributed by atoms with Gasteiger partial charge in [0.05, 0.1) is 0 Å². The van der Waals surface area contributed by atoms with Crippen LogP contribution in [0.4, 0.5) is 0 Å². The van der Waals surface area contributed by atoms with E-state index in [1.165, 1.54) is 0 Å². The van der Waals surface area contributed by atoms with Crippen LogP contribution in [0.5, 0.6) is 0 Å². The number of benzene rings is 1. The summed E-state index contributed by atoms with van der Waals surface area (Å²) >= 11 is 0. The molecule has 4 heteroatoms. The zero-order valence-corrected chi connectivity index (χ0v) is 9.78. The van der Waals surface area contributed by atoms with E-state index in [9.17, 15) is 0 Å². The molecule has 3 nitrogen and oxygen atoms in total. The van der Waals surface area contributed by atoms with Crippen LogP contribution in [-0.2, 0) is 5.41 Å².